The number of ether oxygens (including phenoxy) is 1. The molecule has 1 aliphatic rings. The molecule has 1 aromatic rings. The van der Waals surface area contributed by atoms with Gasteiger partial charge in [-0.1, -0.05) is 12.1 Å². The number of amides is 2. The fourth-order valence-corrected chi connectivity index (χ4v) is 3.47. The molecule has 0 bridgehead atoms. The van der Waals surface area contributed by atoms with E-state index in [1.165, 1.54) is 11.8 Å². The molecule has 0 unspecified atom stereocenters. The second-order valence-electron chi connectivity index (χ2n) is 6.17. The van der Waals surface area contributed by atoms with Crippen LogP contribution in [-0.4, -0.2) is 54.2 Å². The van der Waals surface area contributed by atoms with Crippen molar-refractivity contribution >= 4 is 29.5 Å². The number of rotatable bonds is 7. The lowest BCUT2D eigenvalue weighted by Crippen LogP contribution is -2.34. The van der Waals surface area contributed by atoms with Crippen molar-refractivity contribution in [3.63, 3.8) is 0 Å². The second-order valence-corrected chi connectivity index (χ2v) is 7.19. The Labute approximate surface area is 152 Å². The van der Waals surface area contributed by atoms with Crippen LogP contribution in [0.15, 0.2) is 29.2 Å². The van der Waals surface area contributed by atoms with Crippen LogP contribution in [-0.2, 0) is 14.3 Å². The number of carbonyl (C=O) groups is 3. The number of nitrogens with zero attached hydrogens (tertiary/aromatic N) is 1. The molecule has 1 aliphatic heterocycles. The van der Waals surface area contributed by atoms with Crippen molar-refractivity contribution in [2.45, 2.75) is 37.6 Å². The highest BCUT2D eigenvalue weighted by Gasteiger charge is 2.20. The van der Waals surface area contributed by atoms with E-state index in [1.807, 2.05) is 24.8 Å². The molecule has 0 aliphatic carbocycles. The van der Waals surface area contributed by atoms with Gasteiger partial charge in [0.1, 0.15) is 0 Å². The van der Waals surface area contributed by atoms with E-state index in [2.05, 4.69) is 5.32 Å². The zero-order chi connectivity index (χ0) is 18.2. The molecule has 1 saturated heterocycles. The minimum atomic E-state index is -0.560. The average molecular weight is 364 g/mol. The van der Waals surface area contributed by atoms with Gasteiger partial charge < -0.3 is 15.0 Å². The summed E-state index contributed by atoms with van der Waals surface area (Å²) in [7, 11) is 0. The molecule has 136 valence electrons. The lowest BCUT2D eigenvalue weighted by Gasteiger charge is -2.15. The number of nitrogens with one attached hydrogen (secondary N) is 1. The van der Waals surface area contributed by atoms with Crippen molar-refractivity contribution in [2.24, 2.45) is 0 Å². The summed E-state index contributed by atoms with van der Waals surface area (Å²) in [5, 5.41) is 2.66. The molecule has 6 nitrogen and oxygen atoms in total. The molecule has 1 heterocycles. The maximum absolute atomic E-state index is 12.2. The number of likely N-dealkylation sites (tertiary alicyclic amines) is 1. The number of hydrogen-bond acceptors (Lipinski definition) is 5. The van der Waals surface area contributed by atoms with Gasteiger partial charge in [-0.05, 0) is 38.8 Å². The highest BCUT2D eigenvalue weighted by atomic mass is 32.2. The van der Waals surface area contributed by atoms with Crippen molar-refractivity contribution in [2.75, 3.05) is 25.4 Å². The van der Waals surface area contributed by atoms with Crippen molar-refractivity contribution in [1.29, 1.82) is 0 Å². The first-order valence-corrected chi connectivity index (χ1v) is 9.42. The summed E-state index contributed by atoms with van der Waals surface area (Å²) in [6.07, 6.45) is 2.11. The molecule has 1 aromatic carbocycles. The molecule has 25 heavy (non-hydrogen) atoms. The van der Waals surface area contributed by atoms with Crippen LogP contribution in [0.3, 0.4) is 0 Å². The Kier molecular flexibility index (Phi) is 7.31. The zero-order valence-electron chi connectivity index (χ0n) is 14.6. The number of hydrogen-bond donors (Lipinski definition) is 1. The van der Waals surface area contributed by atoms with Crippen molar-refractivity contribution < 1.29 is 19.1 Å². The molecular weight excluding hydrogens is 340 g/mol. The summed E-state index contributed by atoms with van der Waals surface area (Å²) in [6, 6.07) is 6.96. The van der Waals surface area contributed by atoms with Crippen LogP contribution < -0.4 is 5.32 Å². The van der Waals surface area contributed by atoms with Crippen LogP contribution in [0.25, 0.3) is 0 Å². The molecule has 2 amide bonds. The molecule has 7 heteroatoms. The van der Waals surface area contributed by atoms with Crippen molar-refractivity contribution in [3.8, 4) is 0 Å². The first-order valence-electron chi connectivity index (χ1n) is 8.43. The van der Waals surface area contributed by atoms with Gasteiger partial charge in [0.05, 0.1) is 11.3 Å². The van der Waals surface area contributed by atoms with Gasteiger partial charge in [0.25, 0.3) is 5.91 Å². The molecule has 1 N–H and O–H groups in total. The smallest absolute Gasteiger partial charge is 0.339 e. The third-order valence-corrected chi connectivity index (χ3v) is 4.76. The molecule has 2 rings (SSSR count). The third-order valence-electron chi connectivity index (χ3n) is 3.70. The van der Waals surface area contributed by atoms with Gasteiger partial charge in [0, 0.05) is 24.0 Å². The Balaban J connectivity index is 1.91. The van der Waals surface area contributed by atoms with Crippen LogP contribution >= 0.6 is 11.8 Å². The number of benzene rings is 1. The number of thioether (sulfide) groups is 1. The average Bonchev–Trinajstić information content (AvgIpc) is 3.12. The summed E-state index contributed by atoms with van der Waals surface area (Å²) in [5.74, 6) is -0.520. The highest BCUT2D eigenvalue weighted by molar-refractivity contribution is 8.00. The Hall–Kier alpha value is -2.02. The van der Waals surface area contributed by atoms with Gasteiger partial charge in [-0.3, -0.25) is 9.59 Å². The van der Waals surface area contributed by atoms with Gasteiger partial charge in [-0.2, -0.15) is 0 Å². The fraction of sp³-hybridized carbons (Fsp3) is 0.500. The molecule has 1 fully saturated rings. The first kappa shape index (κ1) is 19.3. The van der Waals surface area contributed by atoms with E-state index < -0.39 is 5.97 Å². The van der Waals surface area contributed by atoms with E-state index in [-0.39, 0.29) is 30.2 Å². The van der Waals surface area contributed by atoms with Crippen molar-refractivity contribution in [1.82, 2.24) is 10.2 Å². The van der Waals surface area contributed by atoms with Crippen LogP contribution in [0.4, 0.5) is 0 Å². The summed E-state index contributed by atoms with van der Waals surface area (Å²) < 4.78 is 5.08. The normalized spacial score (nSPS) is 13.8. The Bertz CT molecular complexity index is 627. The van der Waals surface area contributed by atoms with Crippen LogP contribution in [0, 0.1) is 0 Å². The van der Waals surface area contributed by atoms with Gasteiger partial charge in [0.2, 0.25) is 5.91 Å². The maximum Gasteiger partial charge on any atom is 0.339 e. The van der Waals surface area contributed by atoms with Crippen LogP contribution in [0.5, 0.6) is 0 Å². The Morgan fingerprint density at radius 3 is 2.56 bits per heavy atom. The van der Waals surface area contributed by atoms with Gasteiger partial charge in [0.15, 0.2) is 6.61 Å². The van der Waals surface area contributed by atoms with Crippen LogP contribution in [0.1, 0.15) is 37.0 Å². The fourth-order valence-electron chi connectivity index (χ4n) is 2.53. The van der Waals surface area contributed by atoms with Gasteiger partial charge >= 0.3 is 5.97 Å². The minimum absolute atomic E-state index is 0.00866. The number of carbonyl (C=O) groups excluding carboxylic acids is 3. The van der Waals surface area contributed by atoms with E-state index in [9.17, 15) is 14.4 Å². The molecule has 0 radical (unpaired) electrons. The Morgan fingerprint density at radius 2 is 1.88 bits per heavy atom. The first-order chi connectivity index (χ1) is 12.0. The summed E-state index contributed by atoms with van der Waals surface area (Å²) in [5.41, 5.74) is 0.374. The number of esters is 1. The maximum atomic E-state index is 12.2. The second kappa shape index (κ2) is 9.46. The van der Waals surface area contributed by atoms with Gasteiger partial charge in [-0.15, -0.1) is 11.8 Å². The third kappa shape index (κ3) is 6.08. The summed E-state index contributed by atoms with van der Waals surface area (Å²) in [6.45, 7) is 4.98. The van der Waals surface area contributed by atoms with E-state index >= 15 is 0 Å². The minimum Gasteiger partial charge on any atom is -0.452 e. The SMILES string of the molecule is CC(C)NC(=O)COC(=O)c1ccccc1SCC(=O)N1CCCC1. The summed E-state index contributed by atoms with van der Waals surface area (Å²) in [4.78, 5) is 38.5. The zero-order valence-corrected chi connectivity index (χ0v) is 15.4. The standard InChI is InChI=1S/C18H24N2O4S/c1-13(2)19-16(21)11-24-18(23)14-7-3-4-8-15(14)25-12-17(22)20-9-5-6-10-20/h3-4,7-8,13H,5-6,9-12H2,1-2H3,(H,19,21). The Morgan fingerprint density at radius 1 is 1.20 bits per heavy atom. The van der Waals surface area contributed by atoms with E-state index in [0.29, 0.717) is 10.5 Å². The lowest BCUT2D eigenvalue weighted by molar-refractivity contribution is -0.127. The predicted molar refractivity (Wildman–Crippen MR) is 96.5 cm³/mol. The largest absolute Gasteiger partial charge is 0.452 e. The highest BCUT2D eigenvalue weighted by Crippen LogP contribution is 2.24. The molecule has 0 aromatic heterocycles. The molecule has 0 spiro atoms. The quantitative estimate of drug-likeness (QED) is 0.592. The van der Waals surface area contributed by atoms with Gasteiger partial charge in [-0.25, -0.2) is 4.79 Å². The molecule has 0 atom stereocenters. The van der Waals surface area contributed by atoms with Crippen LogP contribution in [0.2, 0.25) is 0 Å². The predicted octanol–water partition coefficient (Wildman–Crippen LogP) is 2.08. The van der Waals surface area contributed by atoms with E-state index in [4.69, 9.17) is 4.74 Å². The molecular formula is C18H24N2O4S. The topological polar surface area (TPSA) is 75.7 Å². The summed E-state index contributed by atoms with van der Waals surface area (Å²) >= 11 is 1.32. The lowest BCUT2D eigenvalue weighted by atomic mass is 10.2. The van der Waals surface area contributed by atoms with Crippen molar-refractivity contribution in [3.05, 3.63) is 29.8 Å². The van der Waals surface area contributed by atoms with E-state index in [1.54, 1.807) is 18.2 Å². The van der Waals surface area contributed by atoms with E-state index in [0.717, 1.165) is 25.9 Å². The molecule has 0 saturated carbocycles. The monoisotopic (exact) mass is 364 g/mol.